The highest BCUT2D eigenvalue weighted by atomic mass is 15.3. The maximum Gasteiger partial charge on any atom is 0.170 e. The van der Waals surface area contributed by atoms with E-state index in [1.807, 2.05) is 0 Å². The van der Waals surface area contributed by atoms with Crippen LogP contribution in [0.5, 0.6) is 0 Å². The van der Waals surface area contributed by atoms with Gasteiger partial charge in [-0.3, -0.25) is 5.10 Å². The van der Waals surface area contributed by atoms with Crippen molar-refractivity contribution < 1.29 is 0 Å². The first-order valence-corrected chi connectivity index (χ1v) is 5.02. The lowest BCUT2D eigenvalue weighted by molar-refractivity contribution is 0.724. The number of aromatic amines is 1. The summed E-state index contributed by atoms with van der Waals surface area (Å²) in [4.78, 5) is 2.09. The molecule has 0 spiro atoms. The lowest BCUT2D eigenvalue weighted by Gasteiger charge is -2.19. The molecule has 80 valence electrons. The number of nitrogen functional groups attached to an aromatic ring is 1. The van der Waals surface area contributed by atoms with Gasteiger partial charge in [0.15, 0.2) is 5.82 Å². The summed E-state index contributed by atoms with van der Waals surface area (Å²) in [6.07, 6.45) is 1.05. The fourth-order valence-corrected chi connectivity index (χ4v) is 1.74. The van der Waals surface area contributed by atoms with Crippen LogP contribution in [0.3, 0.4) is 0 Å². The summed E-state index contributed by atoms with van der Waals surface area (Å²) in [6, 6.07) is 2.08. The summed E-state index contributed by atoms with van der Waals surface area (Å²) in [5.74, 6) is 1.03. The van der Waals surface area contributed by atoms with Gasteiger partial charge in [0.25, 0.3) is 0 Å². The first kappa shape index (κ1) is 9.80. The number of nitriles is 1. The fraction of sp³-hybridized carbons (Fsp3) is 0.556. The molecule has 1 saturated heterocycles. The average Bonchev–Trinajstić information content (AvgIpc) is 2.48. The van der Waals surface area contributed by atoms with Gasteiger partial charge < -0.3 is 16.0 Å². The Labute approximate surface area is 88.1 Å². The van der Waals surface area contributed by atoms with E-state index in [9.17, 15) is 0 Å². The third kappa shape index (κ3) is 1.87. The smallest absolute Gasteiger partial charge is 0.170 e. The van der Waals surface area contributed by atoms with Crippen LogP contribution < -0.4 is 16.0 Å². The fourth-order valence-electron chi connectivity index (χ4n) is 1.74. The van der Waals surface area contributed by atoms with Gasteiger partial charge in [-0.05, 0) is 13.0 Å². The van der Waals surface area contributed by atoms with Crippen molar-refractivity contribution in [3.8, 4) is 6.07 Å². The van der Waals surface area contributed by atoms with E-state index in [0.717, 1.165) is 32.6 Å². The predicted molar refractivity (Wildman–Crippen MR) is 57.4 cm³/mol. The van der Waals surface area contributed by atoms with E-state index in [2.05, 4.69) is 26.5 Å². The van der Waals surface area contributed by atoms with E-state index < -0.39 is 0 Å². The molecule has 0 aromatic carbocycles. The zero-order chi connectivity index (χ0) is 10.7. The van der Waals surface area contributed by atoms with Gasteiger partial charge >= 0.3 is 0 Å². The van der Waals surface area contributed by atoms with Crippen LogP contribution in [-0.2, 0) is 0 Å². The van der Waals surface area contributed by atoms with E-state index in [4.69, 9.17) is 11.0 Å². The molecule has 0 atom stereocenters. The molecule has 4 N–H and O–H groups in total. The molecule has 1 aliphatic rings. The van der Waals surface area contributed by atoms with Gasteiger partial charge in [-0.25, -0.2) is 0 Å². The van der Waals surface area contributed by atoms with Gasteiger partial charge in [-0.1, -0.05) is 0 Å². The van der Waals surface area contributed by atoms with Crippen LogP contribution in [0, 0.1) is 11.3 Å². The number of anilines is 2. The zero-order valence-electron chi connectivity index (χ0n) is 8.45. The summed E-state index contributed by atoms with van der Waals surface area (Å²) in [5.41, 5.74) is 6.07. The van der Waals surface area contributed by atoms with Crippen molar-refractivity contribution in [2.75, 3.05) is 36.8 Å². The topological polar surface area (TPSA) is 93.8 Å². The molecule has 1 aliphatic heterocycles. The SMILES string of the molecule is N#Cc1c(N2CCCNCC2)n[nH]c1N. The zero-order valence-corrected chi connectivity index (χ0v) is 8.45. The number of nitrogens with zero attached hydrogens (tertiary/aromatic N) is 3. The molecule has 0 amide bonds. The first-order chi connectivity index (χ1) is 7.33. The molecule has 0 saturated carbocycles. The first-order valence-electron chi connectivity index (χ1n) is 5.02. The van der Waals surface area contributed by atoms with Gasteiger partial charge in [-0.15, -0.1) is 0 Å². The number of aromatic nitrogens is 2. The highest BCUT2D eigenvalue weighted by Crippen LogP contribution is 2.21. The maximum atomic E-state index is 8.96. The molecule has 0 unspecified atom stereocenters. The number of rotatable bonds is 1. The highest BCUT2D eigenvalue weighted by Gasteiger charge is 2.18. The van der Waals surface area contributed by atoms with Crippen LogP contribution >= 0.6 is 0 Å². The molecule has 2 rings (SSSR count). The molecule has 1 fully saturated rings. The minimum atomic E-state index is 0.352. The van der Waals surface area contributed by atoms with Crippen molar-refractivity contribution in [2.45, 2.75) is 6.42 Å². The molecule has 6 nitrogen and oxygen atoms in total. The van der Waals surface area contributed by atoms with E-state index in [1.165, 1.54) is 0 Å². The van der Waals surface area contributed by atoms with E-state index in [0.29, 0.717) is 17.2 Å². The van der Waals surface area contributed by atoms with Crippen molar-refractivity contribution in [3.63, 3.8) is 0 Å². The summed E-state index contributed by atoms with van der Waals surface area (Å²) >= 11 is 0. The van der Waals surface area contributed by atoms with Crippen molar-refractivity contribution >= 4 is 11.6 Å². The van der Waals surface area contributed by atoms with Crippen molar-refractivity contribution in [2.24, 2.45) is 0 Å². The highest BCUT2D eigenvalue weighted by molar-refractivity contribution is 5.64. The van der Waals surface area contributed by atoms with Gasteiger partial charge in [0.05, 0.1) is 0 Å². The Balaban J connectivity index is 2.24. The largest absolute Gasteiger partial charge is 0.383 e. The minimum absolute atomic E-state index is 0.352. The summed E-state index contributed by atoms with van der Waals surface area (Å²) in [6.45, 7) is 3.70. The molecule has 2 heterocycles. The standard InChI is InChI=1S/C9H14N6/c10-6-7-8(11)13-14-9(7)15-4-1-2-12-3-5-15/h12H,1-5H2,(H3,11,13,14). The van der Waals surface area contributed by atoms with Crippen LogP contribution in [0.4, 0.5) is 11.6 Å². The summed E-state index contributed by atoms with van der Waals surface area (Å²) < 4.78 is 0. The monoisotopic (exact) mass is 206 g/mol. The van der Waals surface area contributed by atoms with Crippen LogP contribution in [0.25, 0.3) is 0 Å². The van der Waals surface area contributed by atoms with E-state index in [1.54, 1.807) is 0 Å². The molecule has 1 aromatic heterocycles. The van der Waals surface area contributed by atoms with Crippen molar-refractivity contribution in [1.29, 1.82) is 5.26 Å². The Morgan fingerprint density at radius 1 is 1.40 bits per heavy atom. The Bertz CT molecular complexity index is 368. The number of H-pyrrole nitrogens is 1. The Morgan fingerprint density at radius 2 is 2.27 bits per heavy atom. The maximum absolute atomic E-state index is 8.96. The number of nitrogens with one attached hydrogen (secondary N) is 2. The molecule has 0 aliphatic carbocycles. The predicted octanol–water partition coefficient (Wildman–Crippen LogP) is -0.337. The average molecular weight is 206 g/mol. The van der Waals surface area contributed by atoms with Crippen molar-refractivity contribution in [3.05, 3.63) is 5.56 Å². The van der Waals surface area contributed by atoms with Crippen molar-refractivity contribution in [1.82, 2.24) is 15.5 Å². The molecule has 6 heteroatoms. The quantitative estimate of drug-likeness (QED) is 0.584. The van der Waals surface area contributed by atoms with Gasteiger partial charge in [0.2, 0.25) is 0 Å². The van der Waals surface area contributed by atoms with E-state index >= 15 is 0 Å². The van der Waals surface area contributed by atoms with Crippen LogP contribution in [0.15, 0.2) is 0 Å². The normalized spacial score (nSPS) is 17.1. The molecular formula is C9H14N6. The lowest BCUT2D eigenvalue weighted by atomic mass is 10.3. The van der Waals surface area contributed by atoms with Crippen LogP contribution in [-0.4, -0.2) is 36.4 Å². The second-order valence-corrected chi connectivity index (χ2v) is 3.54. The van der Waals surface area contributed by atoms with Gasteiger partial charge in [0, 0.05) is 19.6 Å². The Hall–Kier alpha value is -1.74. The number of hydrogen-bond acceptors (Lipinski definition) is 5. The van der Waals surface area contributed by atoms with Crippen LogP contribution in [0.2, 0.25) is 0 Å². The lowest BCUT2D eigenvalue weighted by Crippen LogP contribution is -2.28. The second-order valence-electron chi connectivity index (χ2n) is 3.54. The third-order valence-corrected chi connectivity index (χ3v) is 2.53. The van der Waals surface area contributed by atoms with Crippen LogP contribution in [0.1, 0.15) is 12.0 Å². The molecule has 0 bridgehead atoms. The Morgan fingerprint density at radius 3 is 3.07 bits per heavy atom. The molecular weight excluding hydrogens is 192 g/mol. The molecule has 0 radical (unpaired) electrons. The van der Waals surface area contributed by atoms with E-state index in [-0.39, 0.29) is 0 Å². The summed E-state index contributed by atoms with van der Waals surface area (Å²) in [7, 11) is 0. The third-order valence-electron chi connectivity index (χ3n) is 2.53. The van der Waals surface area contributed by atoms with Gasteiger partial charge in [0.1, 0.15) is 17.5 Å². The Kier molecular flexibility index (Phi) is 2.74. The summed E-state index contributed by atoms with van der Waals surface area (Å²) in [5, 5.41) is 19.0. The molecule has 1 aromatic rings. The number of nitrogens with two attached hydrogens (primary N) is 1. The minimum Gasteiger partial charge on any atom is -0.383 e. The number of hydrogen-bond donors (Lipinski definition) is 3. The second kappa shape index (κ2) is 4.19. The molecule has 15 heavy (non-hydrogen) atoms. The van der Waals surface area contributed by atoms with Gasteiger partial charge in [-0.2, -0.15) is 10.4 Å².